The topological polar surface area (TPSA) is 52.8 Å². The zero-order valence-electron chi connectivity index (χ0n) is 13.2. The zero-order valence-corrected chi connectivity index (χ0v) is 14.8. The predicted octanol–water partition coefficient (Wildman–Crippen LogP) is 3.87. The third-order valence-electron chi connectivity index (χ3n) is 3.94. The highest BCUT2D eigenvalue weighted by Crippen LogP contribution is 2.30. The largest absolute Gasteiger partial charge is 0.376 e. The Morgan fingerprint density at radius 2 is 2.25 bits per heavy atom. The van der Waals surface area contributed by atoms with Crippen LogP contribution in [0.4, 0.5) is 0 Å². The summed E-state index contributed by atoms with van der Waals surface area (Å²) in [5.74, 6) is 1.72. The second kappa shape index (κ2) is 7.46. The lowest BCUT2D eigenvalue weighted by molar-refractivity contribution is 0.0953. The molecular formula is C17H18N4OS2. The van der Waals surface area contributed by atoms with Crippen molar-refractivity contribution in [1.29, 1.82) is 0 Å². The van der Waals surface area contributed by atoms with Gasteiger partial charge in [0.05, 0.1) is 23.2 Å². The highest BCUT2D eigenvalue weighted by molar-refractivity contribution is 7.98. The highest BCUT2D eigenvalue weighted by Gasteiger charge is 2.22. The van der Waals surface area contributed by atoms with Crippen LogP contribution in [0, 0.1) is 0 Å². The monoisotopic (exact) mass is 358 g/mol. The molecule has 1 unspecified atom stereocenters. The first-order valence-electron chi connectivity index (χ1n) is 8.01. The maximum Gasteiger partial charge on any atom is 0.191 e. The van der Waals surface area contributed by atoms with Gasteiger partial charge in [-0.05, 0) is 36.4 Å². The Balaban J connectivity index is 1.58. The predicted molar refractivity (Wildman–Crippen MR) is 96.1 cm³/mol. The van der Waals surface area contributed by atoms with Gasteiger partial charge in [0.1, 0.15) is 0 Å². The minimum Gasteiger partial charge on any atom is -0.376 e. The van der Waals surface area contributed by atoms with Crippen molar-refractivity contribution in [2.45, 2.75) is 36.4 Å². The average Bonchev–Trinajstić information content (AvgIpc) is 3.37. The molecule has 0 radical (unpaired) electrons. The van der Waals surface area contributed by atoms with Crippen molar-refractivity contribution < 1.29 is 4.74 Å². The molecule has 4 heterocycles. The summed E-state index contributed by atoms with van der Waals surface area (Å²) in [5, 5.41) is 11.9. The molecule has 0 amide bonds. The van der Waals surface area contributed by atoms with Gasteiger partial charge in [0.15, 0.2) is 11.0 Å². The third kappa shape index (κ3) is 3.53. The molecule has 0 spiro atoms. The van der Waals surface area contributed by atoms with E-state index in [1.165, 1.54) is 0 Å². The SMILES string of the molecule is c1ccc(CSc2nnc(-c3cccs3)n2CC2CCCO2)nc1. The molecule has 0 saturated carbocycles. The summed E-state index contributed by atoms with van der Waals surface area (Å²) in [6.07, 6.45) is 4.32. The Bertz CT molecular complexity index is 767. The van der Waals surface area contributed by atoms with Gasteiger partial charge in [-0.1, -0.05) is 23.9 Å². The molecule has 5 nitrogen and oxygen atoms in total. The van der Waals surface area contributed by atoms with Gasteiger partial charge in [-0.15, -0.1) is 21.5 Å². The maximum atomic E-state index is 5.82. The number of hydrogen-bond donors (Lipinski definition) is 0. The van der Waals surface area contributed by atoms with E-state index in [1.54, 1.807) is 23.1 Å². The van der Waals surface area contributed by atoms with Crippen molar-refractivity contribution in [3.63, 3.8) is 0 Å². The van der Waals surface area contributed by atoms with Gasteiger partial charge in [-0.3, -0.25) is 9.55 Å². The van der Waals surface area contributed by atoms with Gasteiger partial charge in [0.2, 0.25) is 0 Å². The van der Waals surface area contributed by atoms with Crippen LogP contribution in [0.5, 0.6) is 0 Å². The summed E-state index contributed by atoms with van der Waals surface area (Å²) >= 11 is 3.37. The van der Waals surface area contributed by atoms with Crippen LogP contribution >= 0.6 is 23.1 Å². The van der Waals surface area contributed by atoms with Crippen LogP contribution in [-0.4, -0.2) is 32.5 Å². The van der Waals surface area contributed by atoms with Crippen LogP contribution in [0.15, 0.2) is 47.1 Å². The first kappa shape index (κ1) is 15.8. The van der Waals surface area contributed by atoms with E-state index in [4.69, 9.17) is 4.74 Å². The molecule has 1 aliphatic heterocycles. The Kier molecular flexibility index (Phi) is 4.91. The second-order valence-corrected chi connectivity index (χ2v) is 7.53. The number of pyridine rings is 1. The fourth-order valence-electron chi connectivity index (χ4n) is 2.76. The van der Waals surface area contributed by atoms with Crippen LogP contribution < -0.4 is 0 Å². The lowest BCUT2D eigenvalue weighted by Crippen LogP contribution is -2.16. The van der Waals surface area contributed by atoms with E-state index < -0.39 is 0 Å². The summed E-state index contributed by atoms with van der Waals surface area (Å²) < 4.78 is 8.03. The summed E-state index contributed by atoms with van der Waals surface area (Å²) in [7, 11) is 0. The molecule has 124 valence electrons. The Labute approximate surface area is 149 Å². The molecule has 0 N–H and O–H groups in total. The molecule has 1 aliphatic rings. The molecule has 7 heteroatoms. The van der Waals surface area contributed by atoms with Crippen LogP contribution in [0.25, 0.3) is 10.7 Å². The molecule has 1 saturated heterocycles. The number of nitrogens with zero attached hydrogens (tertiary/aromatic N) is 4. The first-order valence-corrected chi connectivity index (χ1v) is 9.88. The van der Waals surface area contributed by atoms with E-state index >= 15 is 0 Å². The smallest absolute Gasteiger partial charge is 0.191 e. The molecule has 3 aromatic heterocycles. The van der Waals surface area contributed by atoms with E-state index in [1.807, 2.05) is 30.5 Å². The summed E-state index contributed by atoms with van der Waals surface area (Å²) in [5.41, 5.74) is 1.05. The van der Waals surface area contributed by atoms with Gasteiger partial charge in [0, 0.05) is 18.6 Å². The van der Waals surface area contributed by atoms with E-state index in [2.05, 4.69) is 31.2 Å². The fraction of sp³-hybridized carbons (Fsp3) is 0.353. The van der Waals surface area contributed by atoms with Crippen LogP contribution in [0.2, 0.25) is 0 Å². The number of thiophene rings is 1. The van der Waals surface area contributed by atoms with Crippen molar-refractivity contribution in [2.24, 2.45) is 0 Å². The third-order valence-corrected chi connectivity index (χ3v) is 5.81. The van der Waals surface area contributed by atoms with Gasteiger partial charge in [-0.25, -0.2) is 0 Å². The van der Waals surface area contributed by atoms with E-state index in [0.717, 1.165) is 53.3 Å². The molecule has 3 aromatic rings. The standard InChI is InChI=1S/C17H18N4OS2/c1-2-8-18-13(5-1)12-24-17-20-19-16(15-7-4-10-23-15)21(17)11-14-6-3-9-22-14/h1-2,4-5,7-8,10,14H,3,6,9,11-12H2. The first-order chi connectivity index (χ1) is 11.9. The van der Waals surface area contributed by atoms with Crippen LogP contribution in [0.3, 0.4) is 0 Å². The van der Waals surface area contributed by atoms with Crippen molar-refractivity contribution in [3.05, 3.63) is 47.6 Å². The van der Waals surface area contributed by atoms with Crippen molar-refractivity contribution >= 4 is 23.1 Å². The average molecular weight is 358 g/mol. The minimum absolute atomic E-state index is 0.258. The fourth-order valence-corrected chi connectivity index (χ4v) is 4.34. The van der Waals surface area contributed by atoms with Gasteiger partial charge >= 0.3 is 0 Å². The number of rotatable bonds is 6. The Hall–Kier alpha value is -1.70. The van der Waals surface area contributed by atoms with Crippen LogP contribution in [-0.2, 0) is 17.0 Å². The Morgan fingerprint density at radius 3 is 3.00 bits per heavy atom. The molecule has 0 aromatic carbocycles. The quantitative estimate of drug-likeness (QED) is 0.626. The van der Waals surface area contributed by atoms with Gasteiger partial charge < -0.3 is 4.74 Å². The lowest BCUT2D eigenvalue weighted by Gasteiger charge is -2.14. The number of hydrogen-bond acceptors (Lipinski definition) is 6. The zero-order chi connectivity index (χ0) is 16.2. The van der Waals surface area contributed by atoms with E-state index in [-0.39, 0.29) is 6.10 Å². The van der Waals surface area contributed by atoms with Crippen molar-refractivity contribution in [2.75, 3.05) is 6.61 Å². The molecule has 24 heavy (non-hydrogen) atoms. The number of ether oxygens (including phenoxy) is 1. The molecule has 0 bridgehead atoms. The molecular weight excluding hydrogens is 340 g/mol. The number of thioether (sulfide) groups is 1. The van der Waals surface area contributed by atoms with Crippen molar-refractivity contribution in [3.8, 4) is 10.7 Å². The normalized spacial score (nSPS) is 17.4. The van der Waals surface area contributed by atoms with E-state index in [0.29, 0.717) is 0 Å². The summed E-state index contributed by atoms with van der Waals surface area (Å²) in [4.78, 5) is 5.53. The molecule has 1 fully saturated rings. The van der Waals surface area contributed by atoms with Gasteiger partial charge in [-0.2, -0.15) is 0 Å². The molecule has 1 atom stereocenters. The maximum absolute atomic E-state index is 5.82. The highest BCUT2D eigenvalue weighted by atomic mass is 32.2. The molecule has 4 rings (SSSR count). The summed E-state index contributed by atoms with van der Waals surface area (Å²) in [6.45, 7) is 1.67. The molecule has 0 aliphatic carbocycles. The Morgan fingerprint density at radius 1 is 1.25 bits per heavy atom. The lowest BCUT2D eigenvalue weighted by atomic mass is 10.2. The minimum atomic E-state index is 0.258. The second-order valence-electron chi connectivity index (χ2n) is 5.64. The van der Waals surface area contributed by atoms with Crippen LogP contribution in [0.1, 0.15) is 18.5 Å². The summed E-state index contributed by atoms with van der Waals surface area (Å²) in [6, 6.07) is 10.1. The van der Waals surface area contributed by atoms with E-state index in [9.17, 15) is 0 Å². The number of aromatic nitrogens is 4. The van der Waals surface area contributed by atoms with Gasteiger partial charge in [0.25, 0.3) is 0 Å². The van der Waals surface area contributed by atoms with Crippen molar-refractivity contribution in [1.82, 2.24) is 19.7 Å².